The van der Waals surface area contributed by atoms with E-state index in [9.17, 15) is 4.79 Å². The number of H-pyrrole nitrogens is 2. The number of hydrogen-bond acceptors (Lipinski definition) is 3. The number of nitrogens with one attached hydrogen (secondary N) is 3. The largest absolute Gasteiger partial charge is 0.352 e. The lowest BCUT2D eigenvalue weighted by Crippen LogP contribution is -2.23. The number of carbonyl (C=O) groups is 1. The van der Waals surface area contributed by atoms with Gasteiger partial charge in [-0.25, -0.2) is 9.97 Å². The van der Waals surface area contributed by atoms with Gasteiger partial charge in [-0.05, 0) is 6.08 Å². The molecule has 0 aromatic carbocycles. The Hall–Kier alpha value is -2.37. The van der Waals surface area contributed by atoms with Gasteiger partial charge < -0.3 is 15.3 Å². The van der Waals surface area contributed by atoms with Crippen molar-refractivity contribution in [2.24, 2.45) is 0 Å². The number of amides is 1. The van der Waals surface area contributed by atoms with Gasteiger partial charge in [0, 0.05) is 31.4 Å². The van der Waals surface area contributed by atoms with Crippen molar-refractivity contribution in [1.82, 2.24) is 25.3 Å². The van der Waals surface area contributed by atoms with E-state index < -0.39 is 0 Å². The van der Waals surface area contributed by atoms with Gasteiger partial charge in [0.05, 0.1) is 24.0 Å². The smallest absolute Gasteiger partial charge is 0.244 e. The molecule has 2 aromatic heterocycles. The summed E-state index contributed by atoms with van der Waals surface area (Å²) in [6, 6.07) is 0. The minimum absolute atomic E-state index is 0.136. The molecule has 0 radical (unpaired) electrons. The third-order valence-corrected chi connectivity index (χ3v) is 2.16. The minimum Gasteiger partial charge on any atom is -0.352 e. The molecule has 88 valence electrons. The van der Waals surface area contributed by atoms with Crippen LogP contribution >= 0.6 is 0 Å². The molecular weight excluding hydrogens is 218 g/mol. The molecule has 0 aliphatic carbocycles. The number of aromatic amines is 2. The monoisotopic (exact) mass is 231 g/mol. The van der Waals surface area contributed by atoms with Crippen LogP contribution in [0.2, 0.25) is 0 Å². The zero-order valence-corrected chi connectivity index (χ0v) is 9.18. The number of nitrogens with zero attached hydrogens (tertiary/aromatic N) is 2. The molecular formula is C11H13N5O. The standard InChI is InChI=1S/C11H13N5O/c17-11(2-1-9-5-12-7-15-9)14-4-3-10-6-13-8-16-10/h1-2,5-8H,3-4H2,(H,12,15)(H,13,16)(H,14,17)/b2-1+. The first-order chi connectivity index (χ1) is 8.34. The van der Waals surface area contributed by atoms with E-state index in [1.165, 1.54) is 6.08 Å². The van der Waals surface area contributed by atoms with Gasteiger partial charge in [-0.1, -0.05) is 0 Å². The molecule has 1 amide bonds. The van der Waals surface area contributed by atoms with Crippen LogP contribution < -0.4 is 5.32 Å². The molecule has 0 aliphatic rings. The molecule has 0 saturated heterocycles. The van der Waals surface area contributed by atoms with Crippen LogP contribution in [-0.2, 0) is 11.2 Å². The lowest BCUT2D eigenvalue weighted by Gasteiger charge is -1.99. The van der Waals surface area contributed by atoms with Crippen LogP contribution in [0, 0.1) is 0 Å². The van der Waals surface area contributed by atoms with Crippen LogP contribution in [-0.4, -0.2) is 32.4 Å². The predicted octanol–water partition coefficient (Wildman–Crippen LogP) is 0.505. The Kier molecular flexibility index (Phi) is 3.69. The van der Waals surface area contributed by atoms with Crippen LogP contribution in [0.5, 0.6) is 0 Å². The fourth-order valence-electron chi connectivity index (χ4n) is 1.32. The van der Waals surface area contributed by atoms with Crippen LogP contribution in [0.25, 0.3) is 6.08 Å². The minimum atomic E-state index is -0.136. The molecule has 2 heterocycles. The molecule has 6 heteroatoms. The van der Waals surface area contributed by atoms with Crippen LogP contribution in [0.4, 0.5) is 0 Å². The van der Waals surface area contributed by atoms with Gasteiger partial charge in [0.15, 0.2) is 0 Å². The third kappa shape index (κ3) is 3.60. The number of hydrogen-bond donors (Lipinski definition) is 3. The van der Waals surface area contributed by atoms with E-state index in [0.29, 0.717) is 13.0 Å². The van der Waals surface area contributed by atoms with Crippen molar-refractivity contribution < 1.29 is 4.79 Å². The summed E-state index contributed by atoms with van der Waals surface area (Å²) in [5.74, 6) is -0.136. The highest BCUT2D eigenvalue weighted by atomic mass is 16.1. The van der Waals surface area contributed by atoms with Crippen molar-refractivity contribution in [3.63, 3.8) is 0 Å². The van der Waals surface area contributed by atoms with E-state index in [-0.39, 0.29) is 5.91 Å². The highest BCUT2D eigenvalue weighted by Gasteiger charge is 1.97. The van der Waals surface area contributed by atoms with Gasteiger partial charge in [0.25, 0.3) is 0 Å². The Labute approximate surface area is 98.2 Å². The quantitative estimate of drug-likeness (QED) is 0.655. The molecule has 2 aromatic rings. The lowest BCUT2D eigenvalue weighted by atomic mass is 10.3. The molecule has 0 aliphatic heterocycles. The summed E-state index contributed by atoms with van der Waals surface area (Å²) in [5.41, 5.74) is 1.66. The highest BCUT2D eigenvalue weighted by molar-refractivity contribution is 5.91. The Morgan fingerprint density at radius 3 is 2.82 bits per heavy atom. The first-order valence-electron chi connectivity index (χ1n) is 5.27. The topological polar surface area (TPSA) is 86.5 Å². The van der Waals surface area contributed by atoms with Crippen LogP contribution in [0.1, 0.15) is 11.4 Å². The van der Waals surface area contributed by atoms with Crippen molar-refractivity contribution in [2.75, 3.05) is 6.54 Å². The summed E-state index contributed by atoms with van der Waals surface area (Å²) >= 11 is 0. The Bertz CT molecular complexity index is 472. The molecule has 0 atom stereocenters. The highest BCUT2D eigenvalue weighted by Crippen LogP contribution is 1.94. The molecule has 17 heavy (non-hydrogen) atoms. The van der Waals surface area contributed by atoms with Crippen molar-refractivity contribution in [3.8, 4) is 0 Å². The van der Waals surface area contributed by atoms with Gasteiger partial charge in [-0.2, -0.15) is 0 Å². The lowest BCUT2D eigenvalue weighted by molar-refractivity contribution is -0.116. The average Bonchev–Trinajstić information content (AvgIpc) is 2.99. The number of rotatable bonds is 5. The maximum absolute atomic E-state index is 11.4. The summed E-state index contributed by atoms with van der Waals surface area (Å²) in [7, 11) is 0. The molecule has 2 rings (SSSR count). The van der Waals surface area contributed by atoms with E-state index >= 15 is 0 Å². The molecule has 0 spiro atoms. The van der Waals surface area contributed by atoms with Gasteiger partial charge in [0.2, 0.25) is 5.91 Å². The van der Waals surface area contributed by atoms with Crippen molar-refractivity contribution >= 4 is 12.0 Å². The Morgan fingerprint density at radius 2 is 2.12 bits per heavy atom. The van der Waals surface area contributed by atoms with E-state index in [1.54, 1.807) is 24.9 Å². The van der Waals surface area contributed by atoms with Gasteiger partial charge in [0.1, 0.15) is 0 Å². The van der Waals surface area contributed by atoms with E-state index in [1.807, 2.05) is 6.20 Å². The van der Waals surface area contributed by atoms with Crippen LogP contribution in [0.15, 0.2) is 31.1 Å². The first-order valence-corrected chi connectivity index (χ1v) is 5.27. The number of carbonyl (C=O) groups excluding carboxylic acids is 1. The zero-order valence-electron chi connectivity index (χ0n) is 9.18. The second kappa shape index (κ2) is 5.64. The summed E-state index contributed by atoms with van der Waals surface area (Å²) in [6.45, 7) is 0.564. The summed E-state index contributed by atoms with van der Waals surface area (Å²) in [5, 5.41) is 2.77. The Balaban J connectivity index is 1.71. The molecule has 6 nitrogen and oxygen atoms in total. The fourth-order valence-corrected chi connectivity index (χ4v) is 1.32. The number of aromatic nitrogens is 4. The predicted molar refractivity (Wildman–Crippen MR) is 62.9 cm³/mol. The fraction of sp³-hybridized carbons (Fsp3) is 0.182. The van der Waals surface area contributed by atoms with E-state index in [2.05, 4.69) is 25.3 Å². The molecule has 0 saturated carbocycles. The SMILES string of the molecule is O=C(/C=C/c1c[nH]cn1)NCCc1c[nH]cn1. The zero-order chi connectivity index (χ0) is 11.9. The van der Waals surface area contributed by atoms with Crippen molar-refractivity contribution in [3.05, 3.63) is 42.5 Å². The van der Waals surface area contributed by atoms with Gasteiger partial charge in [-0.15, -0.1) is 0 Å². The van der Waals surface area contributed by atoms with Crippen molar-refractivity contribution in [2.45, 2.75) is 6.42 Å². The molecule has 0 bridgehead atoms. The van der Waals surface area contributed by atoms with Crippen LogP contribution in [0.3, 0.4) is 0 Å². The molecule has 3 N–H and O–H groups in total. The van der Waals surface area contributed by atoms with Gasteiger partial charge in [-0.3, -0.25) is 4.79 Å². The third-order valence-electron chi connectivity index (χ3n) is 2.16. The second-order valence-electron chi connectivity index (χ2n) is 3.43. The normalized spacial score (nSPS) is 10.8. The van der Waals surface area contributed by atoms with Crippen molar-refractivity contribution in [1.29, 1.82) is 0 Å². The summed E-state index contributed by atoms with van der Waals surface area (Å²) in [6.07, 6.45) is 10.5. The van der Waals surface area contributed by atoms with Gasteiger partial charge >= 0.3 is 0 Å². The molecule has 0 unspecified atom stereocenters. The first kappa shape index (κ1) is 11.1. The van der Waals surface area contributed by atoms with E-state index in [4.69, 9.17) is 0 Å². The number of imidazole rings is 2. The second-order valence-corrected chi connectivity index (χ2v) is 3.43. The summed E-state index contributed by atoms with van der Waals surface area (Å²) in [4.78, 5) is 25.1. The Morgan fingerprint density at radius 1 is 1.29 bits per heavy atom. The average molecular weight is 231 g/mol. The molecule has 0 fully saturated rings. The summed E-state index contributed by atoms with van der Waals surface area (Å²) < 4.78 is 0. The maximum atomic E-state index is 11.4. The van der Waals surface area contributed by atoms with E-state index in [0.717, 1.165) is 11.4 Å². The maximum Gasteiger partial charge on any atom is 0.244 e.